The maximum Gasteiger partial charge on any atom is 0.183 e. The van der Waals surface area contributed by atoms with Gasteiger partial charge in [0, 0.05) is 0 Å². The van der Waals surface area contributed by atoms with Crippen LogP contribution in [0.25, 0.3) is 0 Å². The number of carbonyl (C=O) groups is 1. The van der Waals surface area contributed by atoms with Gasteiger partial charge in [0.1, 0.15) is 12.7 Å². The Labute approximate surface area is 64.2 Å². The normalized spacial score (nSPS) is 16.0. The summed E-state index contributed by atoms with van der Waals surface area (Å²) in [4.78, 5) is 10.3. The SMILES string of the molecule is CC(=O)COC(O)C(O)CO. The number of hydrogen-bond acceptors (Lipinski definition) is 5. The van der Waals surface area contributed by atoms with Gasteiger partial charge in [0.25, 0.3) is 0 Å². The minimum Gasteiger partial charge on any atom is -0.393 e. The zero-order valence-electron chi connectivity index (χ0n) is 6.23. The van der Waals surface area contributed by atoms with Gasteiger partial charge in [0.05, 0.1) is 6.61 Å². The standard InChI is InChI=1S/C6H12O5/c1-4(8)3-11-6(10)5(9)2-7/h5-7,9-10H,2-3H2,1H3. The lowest BCUT2D eigenvalue weighted by Gasteiger charge is -2.14. The van der Waals surface area contributed by atoms with Crippen molar-refractivity contribution in [3.05, 3.63) is 0 Å². The predicted molar refractivity (Wildman–Crippen MR) is 35.7 cm³/mol. The number of aliphatic hydroxyl groups is 3. The molecular weight excluding hydrogens is 152 g/mol. The molecule has 0 aliphatic rings. The second kappa shape index (κ2) is 5.20. The van der Waals surface area contributed by atoms with Gasteiger partial charge in [-0.3, -0.25) is 4.79 Å². The Bertz CT molecular complexity index is 124. The molecule has 3 N–H and O–H groups in total. The minimum absolute atomic E-state index is 0.255. The molecule has 0 amide bonds. The molecule has 2 unspecified atom stereocenters. The van der Waals surface area contributed by atoms with Crippen LogP contribution >= 0.6 is 0 Å². The average Bonchev–Trinajstić information content (AvgIpc) is 1.98. The van der Waals surface area contributed by atoms with Gasteiger partial charge in [-0.25, -0.2) is 0 Å². The van der Waals surface area contributed by atoms with Crippen LogP contribution in [0.5, 0.6) is 0 Å². The molecule has 2 atom stereocenters. The first-order chi connectivity index (χ1) is 5.07. The number of rotatable bonds is 5. The van der Waals surface area contributed by atoms with Crippen molar-refractivity contribution in [2.75, 3.05) is 13.2 Å². The van der Waals surface area contributed by atoms with Crippen molar-refractivity contribution in [3.8, 4) is 0 Å². The molecule has 5 heteroatoms. The Morgan fingerprint density at radius 2 is 2.09 bits per heavy atom. The summed E-state index contributed by atoms with van der Waals surface area (Å²) in [7, 11) is 0. The fourth-order valence-corrected chi connectivity index (χ4v) is 0.404. The summed E-state index contributed by atoms with van der Waals surface area (Å²) in [6.07, 6.45) is -2.85. The molecular formula is C6H12O5. The fourth-order valence-electron chi connectivity index (χ4n) is 0.404. The number of carbonyl (C=O) groups excluding carboxylic acids is 1. The number of Topliss-reactive ketones (excluding diaryl/α,β-unsaturated/α-hetero) is 1. The van der Waals surface area contributed by atoms with Crippen molar-refractivity contribution < 1.29 is 24.9 Å². The molecule has 0 radical (unpaired) electrons. The Morgan fingerprint density at radius 3 is 2.45 bits per heavy atom. The lowest BCUT2D eigenvalue weighted by Crippen LogP contribution is -2.32. The van der Waals surface area contributed by atoms with E-state index in [9.17, 15) is 4.79 Å². The second-order valence-electron chi connectivity index (χ2n) is 2.15. The minimum atomic E-state index is -1.50. The van der Waals surface area contributed by atoms with Crippen molar-refractivity contribution in [2.45, 2.75) is 19.3 Å². The number of ether oxygens (including phenoxy) is 1. The van der Waals surface area contributed by atoms with Gasteiger partial charge in [0.2, 0.25) is 0 Å². The van der Waals surface area contributed by atoms with E-state index in [0.29, 0.717) is 0 Å². The van der Waals surface area contributed by atoms with Crippen LogP contribution in [0, 0.1) is 0 Å². The summed E-state index contributed by atoms with van der Waals surface area (Å²) in [5, 5.41) is 25.8. The molecule has 0 fully saturated rings. The third-order valence-electron chi connectivity index (χ3n) is 0.974. The van der Waals surface area contributed by atoms with Crippen LogP contribution in [-0.2, 0) is 9.53 Å². The van der Waals surface area contributed by atoms with Crippen molar-refractivity contribution in [3.63, 3.8) is 0 Å². The molecule has 0 rings (SSSR count). The highest BCUT2D eigenvalue weighted by atomic mass is 16.6. The van der Waals surface area contributed by atoms with E-state index < -0.39 is 19.0 Å². The van der Waals surface area contributed by atoms with E-state index in [1.165, 1.54) is 6.92 Å². The van der Waals surface area contributed by atoms with Crippen LogP contribution in [-0.4, -0.2) is 46.7 Å². The summed E-state index contributed by atoms with van der Waals surface area (Å²) in [6.45, 7) is 0.426. The van der Waals surface area contributed by atoms with Gasteiger partial charge in [0.15, 0.2) is 12.1 Å². The topological polar surface area (TPSA) is 87.0 Å². The van der Waals surface area contributed by atoms with Crippen molar-refractivity contribution in [2.24, 2.45) is 0 Å². The largest absolute Gasteiger partial charge is 0.393 e. The van der Waals surface area contributed by atoms with Crippen molar-refractivity contribution >= 4 is 5.78 Å². The van der Waals surface area contributed by atoms with Crippen molar-refractivity contribution in [1.29, 1.82) is 0 Å². The number of hydrogen-bond donors (Lipinski definition) is 3. The quantitative estimate of drug-likeness (QED) is 0.420. The molecule has 0 aliphatic heterocycles. The molecule has 5 nitrogen and oxygen atoms in total. The second-order valence-corrected chi connectivity index (χ2v) is 2.15. The summed E-state index contributed by atoms with van der Waals surface area (Å²) in [6, 6.07) is 0. The van der Waals surface area contributed by atoms with Crippen molar-refractivity contribution in [1.82, 2.24) is 0 Å². The first kappa shape index (κ1) is 10.5. The van der Waals surface area contributed by atoms with Gasteiger partial charge in [-0.15, -0.1) is 0 Å². The van der Waals surface area contributed by atoms with Crippen LogP contribution in [0.4, 0.5) is 0 Å². The molecule has 0 aliphatic carbocycles. The van der Waals surface area contributed by atoms with E-state index in [-0.39, 0.29) is 12.4 Å². The average molecular weight is 164 g/mol. The first-order valence-corrected chi connectivity index (χ1v) is 3.16. The van der Waals surface area contributed by atoms with E-state index in [1.807, 2.05) is 0 Å². The highest BCUT2D eigenvalue weighted by Gasteiger charge is 2.15. The maximum absolute atomic E-state index is 10.3. The Morgan fingerprint density at radius 1 is 1.55 bits per heavy atom. The number of aliphatic hydroxyl groups excluding tert-OH is 3. The molecule has 11 heavy (non-hydrogen) atoms. The molecule has 0 spiro atoms. The van der Waals surface area contributed by atoms with E-state index in [4.69, 9.17) is 15.3 Å². The highest BCUT2D eigenvalue weighted by Crippen LogP contribution is 1.94. The van der Waals surface area contributed by atoms with Gasteiger partial charge in [-0.1, -0.05) is 0 Å². The van der Waals surface area contributed by atoms with Gasteiger partial charge in [-0.05, 0) is 6.92 Å². The Hall–Kier alpha value is -0.490. The van der Waals surface area contributed by atoms with E-state index >= 15 is 0 Å². The summed E-state index contributed by atoms with van der Waals surface area (Å²) < 4.78 is 4.45. The lowest BCUT2D eigenvalue weighted by atomic mass is 10.4. The smallest absolute Gasteiger partial charge is 0.183 e. The van der Waals surface area contributed by atoms with Crippen LogP contribution in [0.15, 0.2) is 0 Å². The van der Waals surface area contributed by atoms with Crippen LogP contribution in [0.3, 0.4) is 0 Å². The molecule has 0 aromatic carbocycles. The van der Waals surface area contributed by atoms with Crippen LogP contribution in [0.1, 0.15) is 6.92 Å². The third-order valence-corrected chi connectivity index (χ3v) is 0.974. The monoisotopic (exact) mass is 164 g/mol. The summed E-state index contributed by atoms with van der Waals surface area (Å²) in [5.74, 6) is -0.255. The molecule has 0 aromatic rings. The Balaban J connectivity index is 3.51. The molecule has 0 saturated heterocycles. The third kappa shape index (κ3) is 4.86. The predicted octanol–water partition coefficient (Wildman–Crippen LogP) is -1.74. The van der Waals surface area contributed by atoms with E-state index in [0.717, 1.165) is 0 Å². The lowest BCUT2D eigenvalue weighted by molar-refractivity contribution is -0.174. The summed E-state index contributed by atoms with van der Waals surface area (Å²) in [5.41, 5.74) is 0. The van der Waals surface area contributed by atoms with E-state index in [1.54, 1.807) is 0 Å². The molecule has 0 bridgehead atoms. The molecule has 0 saturated carbocycles. The Kier molecular flexibility index (Phi) is 4.97. The number of ketones is 1. The first-order valence-electron chi connectivity index (χ1n) is 3.16. The van der Waals surface area contributed by atoms with Crippen LogP contribution in [0.2, 0.25) is 0 Å². The molecule has 0 aromatic heterocycles. The van der Waals surface area contributed by atoms with Crippen LogP contribution < -0.4 is 0 Å². The summed E-state index contributed by atoms with van der Waals surface area (Å²) >= 11 is 0. The fraction of sp³-hybridized carbons (Fsp3) is 0.833. The maximum atomic E-state index is 10.3. The van der Waals surface area contributed by atoms with E-state index in [2.05, 4.69) is 4.74 Å². The van der Waals surface area contributed by atoms with Gasteiger partial charge >= 0.3 is 0 Å². The van der Waals surface area contributed by atoms with Gasteiger partial charge < -0.3 is 20.1 Å². The molecule has 66 valence electrons. The zero-order chi connectivity index (χ0) is 8.85. The molecule has 0 heterocycles. The zero-order valence-corrected chi connectivity index (χ0v) is 6.23. The highest BCUT2D eigenvalue weighted by molar-refractivity contribution is 5.76. The van der Waals surface area contributed by atoms with Gasteiger partial charge in [-0.2, -0.15) is 0 Å².